The molecule has 0 aliphatic rings. The minimum absolute atomic E-state index is 0.0444. The molecule has 0 unspecified atom stereocenters. The van der Waals surface area contributed by atoms with Crippen molar-refractivity contribution in [3.05, 3.63) is 54.1 Å². The molecule has 6 heteroatoms. The van der Waals surface area contributed by atoms with Gasteiger partial charge in [0, 0.05) is 5.69 Å². The smallest absolute Gasteiger partial charge is 0.243 e. The van der Waals surface area contributed by atoms with Gasteiger partial charge < -0.3 is 25.3 Å². The Hall–Kier alpha value is -3.02. The van der Waals surface area contributed by atoms with Crippen LogP contribution in [0.4, 0.5) is 11.4 Å². The predicted molar refractivity (Wildman–Crippen MR) is 80.9 cm³/mol. The molecule has 2 aromatic carbocycles. The first-order valence-corrected chi connectivity index (χ1v) is 6.58. The first-order chi connectivity index (χ1) is 10.6. The number of carbonyl (C=O) groups is 2. The summed E-state index contributed by atoms with van der Waals surface area (Å²) in [4.78, 5) is 22.5. The summed E-state index contributed by atoms with van der Waals surface area (Å²) >= 11 is 0. The van der Waals surface area contributed by atoms with Gasteiger partial charge in [-0.1, -0.05) is 24.3 Å². The molecule has 22 heavy (non-hydrogen) atoms. The Labute approximate surface area is 127 Å². The van der Waals surface area contributed by atoms with E-state index in [0.717, 1.165) is 0 Å². The maximum absolute atomic E-state index is 11.9. The van der Waals surface area contributed by atoms with Gasteiger partial charge in [-0.25, -0.2) is 0 Å². The van der Waals surface area contributed by atoms with Crippen molar-refractivity contribution < 1.29 is 19.4 Å². The fraction of sp³-hybridized carbons (Fsp3) is 0.125. The lowest BCUT2D eigenvalue weighted by Gasteiger charge is -2.11. The summed E-state index contributed by atoms with van der Waals surface area (Å²) in [6.45, 7) is 0.0444. The number of methoxy groups -OCH3 is 1. The van der Waals surface area contributed by atoms with Gasteiger partial charge in [-0.2, -0.15) is 0 Å². The Morgan fingerprint density at radius 1 is 1.09 bits per heavy atom. The Balaban J connectivity index is 1.91. The molecular formula is C16H15N2O4-. The zero-order valence-electron chi connectivity index (χ0n) is 12.0. The summed E-state index contributed by atoms with van der Waals surface area (Å²) in [5, 5.41) is 16.3. The third kappa shape index (κ3) is 3.99. The second kappa shape index (κ2) is 7.12. The number of carbonyl (C=O) groups excluding carboxylic acids is 2. The Bertz CT molecular complexity index is 668. The van der Waals surface area contributed by atoms with Crippen molar-refractivity contribution in [1.29, 1.82) is 0 Å². The Kier molecular flexibility index (Phi) is 4.98. The molecule has 2 N–H and O–H groups in total. The number of para-hydroxylation sites is 2. The van der Waals surface area contributed by atoms with Crippen molar-refractivity contribution in [2.45, 2.75) is 0 Å². The van der Waals surface area contributed by atoms with Gasteiger partial charge >= 0.3 is 0 Å². The molecule has 1 amide bonds. The molecule has 0 radical (unpaired) electrons. The van der Waals surface area contributed by atoms with Crippen molar-refractivity contribution >= 4 is 23.3 Å². The standard InChI is InChI=1S/C16H16N2O4/c1-22-14-5-3-2-4-13(14)18-15(19)10-17-12-8-6-11(7-9-12)16(20)21/h2-9,17H,10H2,1H3,(H,18,19)(H,20,21)/p-1. The minimum Gasteiger partial charge on any atom is -0.545 e. The van der Waals surface area contributed by atoms with Crippen LogP contribution in [0, 0.1) is 0 Å². The van der Waals surface area contributed by atoms with Gasteiger partial charge in [-0.05, 0) is 29.8 Å². The van der Waals surface area contributed by atoms with Gasteiger partial charge in [0.25, 0.3) is 0 Å². The summed E-state index contributed by atoms with van der Waals surface area (Å²) in [6.07, 6.45) is 0. The van der Waals surface area contributed by atoms with E-state index in [2.05, 4.69) is 10.6 Å². The average molecular weight is 299 g/mol. The third-order valence-electron chi connectivity index (χ3n) is 2.95. The number of nitrogens with one attached hydrogen (secondary N) is 2. The summed E-state index contributed by atoms with van der Waals surface area (Å²) < 4.78 is 5.15. The Morgan fingerprint density at radius 3 is 2.41 bits per heavy atom. The molecule has 0 atom stereocenters. The first kappa shape index (κ1) is 15.4. The van der Waals surface area contributed by atoms with Crippen LogP contribution >= 0.6 is 0 Å². The summed E-state index contributed by atoms with van der Waals surface area (Å²) in [7, 11) is 1.53. The van der Waals surface area contributed by atoms with Crippen molar-refractivity contribution in [3.63, 3.8) is 0 Å². The van der Waals surface area contributed by atoms with Crippen LogP contribution in [0.25, 0.3) is 0 Å². The van der Waals surface area contributed by atoms with Gasteiger partial charge in [-0.3, -0.25) is 4.79 Å². The maximum atomic E-state index is 11.9. The van der Waals surface area contributed by atoms with Crippen LogP contribution in [0.5, 0.6) is 5.75 Å². The van der Waals surface area contributed by atoms with Gasteiger partial charge in [-0.15, -0.1) is 0 Å². The van der Waals surface area contributed by atoms with Gasteiger partial charge in [0.1, 0.15) is 5.75 Å². The largest absolute Gasteiger partial charge is 0.545 e. The van der Waals surface area contributed by atoms with Gasteiger partial charge in [0.2, 0.25) is 5.91 Å². The lowest BCUT2D eigenvalue weighted by atomic mass is 10.2. The fourth-order valence-corrected chi connectivity index (χ4v) is 1.85. The average Bonchev–Trinajstić information content (AvgIpc) is 2.54. The second-order valence-electron chi connectivity index (χ2n) is 4.47. The number of benzene rings is 2. The van der Waals surface area contributed by atoms with E-state index in [4.69, 9.17) is 4.74 Å². The zero-order valence-corrected chi connectivity index (χ0v) is 12.0. The number of aromatic carboxylic acids is 1. The monoisotopic (exact) mass is 299 g/mol. The summed E-state index contributed by atoms with van der Waals surface area (Å²) in [6, 6.07) is 13.1. The van der Waals surface area contributed by atoms with Crippen molar-refractivity contribution in [2.75, 3.05) is 24.3 Å². The number of amides is 1. The number of ether oxygens (including phenoxy) is 1. The van der Waals surface area contributed by atoms with E-state index < -0.39 is 5.97 Å². The molecule has 0 saturated carbocycles. The molecular weight excluding hydrogens is 284 g/mol. The summed E-state index contributed by atoms with van der Waals surface area (Å²) in [5.74, 6) is -0.900. The van der Waals surface area contributed by atoms with E-state index in [1.807, 2.05) is 6.07 Å². The van der Waals surface area contributed by atoms with Crippen molar-refractivity contribution in [1.82, 2.24) is 0 Å². The van der Waals surface area contributed by atoms with E-state index in [9.17, 15) is 14.7 Å². The SMILES string of the molecule is COc1ccccc1NC(=O)CNc1ccc(C(=O)[O-])cc1. The number of hydrogen-bond donors (Lipinski definition) is 2. The number of carboxylic acid groups (broad SMARTS) is 1. The van der Waals surface area contributed by atoms with Gasteiger partial charge in [0.05, 0.1) is 25.3 Å². The molecule has 0 heterocycles. The van der Waals surface area contributed by atoms with Crippen molar-refractivity contribution in [3.8, 4) is 5.75 Å². The first-order valence-electron chi connectivity index (χ1n) is 6.58. The molecule has 0 saturated heterocycles. The number of anilines is 2. The lowest BCUT2D eigenvalue weighted by Crippen LogP contribution is -2.23. The number of hydrogen-bond acceptors (Lipinski definition) is 5. The normalized spacial score (nSPS) is 9.86. The van der Waals surface area contributed by atoms with Crippen LogP contribution in [-0.2, 0) is 4.79 Å². The van der Waals surface area contributed by atoms with E-state index in [0.29, 0.717) is 17.1 Å². The lowest BCUT2D eigenvalue weighted by molar-refractivity contribution is -0.255. The van der Waals surface area contributed by atoms with Crippen molar-refractivity contribution in [2.24, 2.45) is 0 Å². The molecule has 0 fully saturated rings. The molecule has 2 aromatic rings. The van der Waals surface area contributed by atoms with E-state index in [1.54, 1.807) is 30.3 Å². The molecule has 2 rings (SSSR count). The van der Waals surface area contributed by atoms with Crippen LogP contribution in [0.3, 0.4) is 0 Å². The summed E-state index contributed by atoms with van der Waals surface area (Å²) in [5.41, 5.74) is 1.31. The second-order valence-corrected chi connectivity index (χ2v) is 4.47. The highest BCUT2D eigenvalue weighted by Crippen LogP contribution is 2.22. The molecule has 0 aromatic heterocycles. The van der Waals surface area contributed by atoms with Crippen LogP contribution in [0.2, 0.25) is 0 Å². The van der Waals surface area contributed by atoms with Crippen LogP contribution in [-0.4, -0.2) is 25.5 Å². The molecule has 114 valence electrons. The highest BCUT2D eigenvalue weighted by Gasteiger charge is 2.06. The van der Waals surface area contributed by atoms with Crippen LogP contribution in [0.1, 0.15) is 10.4 Å². The number of rotatable bonds is 6. The molecule has 0 aliphatic carbocycles. The van der Waals surface area contributed by atoms with E-state index in [-0.39, 0.29) is 18.0 Å². The minimum atomic E-state index is -1.24. The topological polar surface area (TPSA) is 90.5 Å². The molecule has 0 aliphatic heterocycles. The maximum Gasteiger partial charge on any atom is 0.243 e. The molecule has 0 bridgehead atoms. The highest BCUT2D eigenvalue weighted by atomic mass is 16.5. The Morgan fingerprint density at radius 2 is 1.77 bits per heavy atom. The quantitative estimate of drug-likeness (QED) is 0.834. The van der Waals surface area contributed by atoms with E-state index in [1.165, 1.54) is 19.2 Å². The third-order valence-corrected chi connectivity index (χ3v) is 2.95. The molecule has 6 nitrogen and oxygen atoms in total. The highest BCUT2D eigenvalue weighted by molar-refractivity contribution is 5.95. The van der Waals surface area contributed by atoms with Crippen LogP contribution < -0.4 is 20.5 Å². The molecule has 0 spiro atoms. The predicted octanol–water partition coefficient (Wildman–Crippen LogP) is 1.11. The van der Waals surface area contributed by atoms with Gasteiger partial charge in [0.15, 0.2) is 0 Å². The van der Waals surface area contributed by atoms with E-state index >= 15 is 0 Å². The number of carboxylic acids is 1. The zero-order chi connectivity index (χ0) is 15.9. The fourth-order valence-electron chi connectivity index (χ4n) is 1.85. The van der Waals surface area contributed by atoms with Crippen LogP contribution in [0.15, 0.2) is 48.5 Å².